The normalized spacial score (nSPS) is 16.4. The molecule has 0 aliphatic carbocycles. The van der Waals surface area contributed by atoms with Crippen molar-refractivity contribution in [2.75, 3.05) is 25.5 Å². The van der Waals surface area contributed by atoms with Gasteiger partial charge in [-0.15, -0.1) is 0 Å². The predicted octanol–water partition coefficient (Wildman–Crippen LogP) is 4.34. The molecule has 0 radical (unpaired) electrons. The Morgan fingerprint density at radius 1 is 1.27 bits per heavy atom. The predicted molar refractivity (Wildman–Crippen MR) is 124 cm³/mol. The molecule has 2 aromatic carbocycles. The number of benzene rings is 2. The van der Waals surface area contributed by atoms with Crippen molar-refractivity contribution in [3.63, 3.8) is 0 Å². The Balaban J connectivity index is 1.39. The van der Waals surface area contributed by atoms with Crippen LogP contribution in [0.25, 0.3) is 11.4 Å². The zero-order chi connectivity index (χ0) is 23.4. The average Bonchev–Trinajstić information content (AvgIpc) is 3.28. The zero-order valence-electron chi connectivity index (χ0n) is 18.5. The van der Waals surface area contributed by atoms with Crippen LogP contribution in [-0.2, 0) is 16.1 Å². The second-order valence-corrected chi connectivity index (χ2v) is 8.49. The van der Waals surface area contributed by atoms with Gasteiger partial charge in [0.25, 0.3) is 0 Å². The summed E-state index contributed by atoms with van der Waals surface area (Å²) in [5, 5.41) is 7.64. The molecule has 1 aliphatic heterocycles. The van der Waals surface area contributed by atoms with Crippen LogP contribution in [0.15, 0.2) is 47.0 Å². The Morgan fingerprint density at radius 3 is 2.88 bits per heavy atom. The molecule has 1 aliphatic rings. The molecule has 0 saturated carbocycles. The van der Waals surface area contributed by atoms with Gasteiger partial charge in [-0.3, -0.25) is 9.69 Å². The Hall–Kier alpha value is -3.23. The molecule has 4 rings (SSSR count). The van der Waals surface area contributed by atoms with Crippen molar-refractivity contribution < 1.29 is 18.8 Å². The second-order valence-electron chi connectivity index (χ2n) is 8.06. The molecule has 1 unspecified atom stereocenters. The van der Waals surface area contributed by atoms with E-state index >= 15 is 0 Å². The quantitative estimate of drug-likeness (QED) is 0.537. The monoisotopic (exact) mass is 468 g/mol. The van der Waals surface area contributed by atoms with Crippen molar-refractivity contribution in [3.05, 3.63) is 64.5 Å². The topological polar surface area (TPSA) is 97.6 Å². The third kappa shape index (κ3) is 5.40. The van der Waals surface area contributed by atoms with Gasteiger partial charge in [-0.05, 0) is 56.1 Å². The number of anilines is 1. The fourth-order valence-corrected chi connectivity index (χ4v) is 4.20. The minimum absolute atomic E-state index is 0.0741. The van der Waals surface area contributed by atoms with E-state index in [0.29, 0.717) is 46.6 Å². The SMILES string of the molecule is COC(=O)c1cccc(NC(=O)C2CCCN(Cc3nc(-c4cccc(Cl)c4)no3)C2)c1C. The van der Waals surface area contributed by atoms with E-state index < -0.39 is 5.97 Å². The maximum absolute atomic E-state index is 13.0. The van der Waals surface area contributed by atoms with Crippen LogP contribution in [0.5, 0.6) is 0 Å². The van der Waals surface area contributed by atoms with Crippen molar-refractivity contribution in [2.45, 2.75) is 26.3 Å². The largest absolute Gasteiger partial charge is 0.465 e. The van der Waals surface area contributed by atoms with Crippen LogP contribution < -0.4 is 5.32 Å². The lowest BCUT2D eigenvalue weighted by Crippen LogP contribution is -2.40. The number of esters is 1. The molecule has 0 bridgehead atoms. The van der Waals surface area contributed by atoms with Crippen LogP contribution in [0.1, 0.15) is 34.7 Å². The van der Waals surface area contributed by atoms with E-state index in [0.717, 1.165) is 24.9 Å². The summed E-state index contributed by atoms with van der Waals surface area (Å²) in [6.07, 6.45) is 1.67. The molecule has 1 N–H and O–H groups in total. The first-order valence-electron chi connectivity index (χ1n) is 10.7. The van der Waals surface area contributed by atoms with Crippen LogP contribution in [-0.4, -0.2) is 47.1 Å². The summed E-state index contributed by atoms with van der Waals surface area (Å²) in [6, 6.07) is 12.5. The summed E-state index contributed by atoms with van der Waals surface area (Å²) in [5.74, 6) is 0.293. The number of hydrogen-bond acceptors (Lipinski definition) is 7. The summed E-state index contributed by atoms with van der Waals surface area (Å²) in [7, 11) is 1.34. The van der Waals surface area contributed by atoms with Crippen LogP contribution in [0, 0.1) is 12.8 Å². The van der Waals surface area contributed by atoms with Gasteiger partial charge in [0, 0.05) is 22.8 Å². The fourth-order valence-electron chi connectivity index (χ4n) is 4.01. The number of amides is 1. The van der Waals surface area contributed by atoms with Crippen molar-refractivity contribution in [1.29, 1.82) is 0 Å². The molecular weight excluding hydrogens is 444 g/mol. The Labute approximate surface area is 196 Å². The van der Waals surface area contributed by atoms with Crippen molar-refractivity contribution in [1.82, 2.24) is 15.0 Å². The van der Waals surface area contributed by atoms with Crippen LogP contribution in [0.2, 0.25) is 5.02 Å². The van der Waals surface area contributed by atoms with Crippen molar-refractivity contribution in [2.24, 2.45) is 5.92 Å². The highest BCUT2D eigenvalue weighted by atomic mass is 35.5. The molecule has 1 aromatic heterocycles. The maximum Gasteiger partial charge on any atom is 0.338 e. The second kappa shape index (κ2) is 10.1. The first-order chi connectivity index (χ1) is 15.9. The van der Waals surface area contributed by atoms with E-state index in [4.69, 9.17) is 20.9 Å². The fraction of sp³-hybridized carbons (Fsp3) is 0.333. The highest BCUT2D eigenvalue weighted by Crippen LogP contribution is 2.25. The number of likely N-dealkylation sites (tertiary alicyclic amines) is 1. The van der Waals surface area contributed by atoms with E-state index in [9.17, 15) is 9.59 Å². The van der Waals surface area contributed by atoms with E-state index in [2.05, 4.69) is 20.4 Å². The Morgan fingerprint density at radius 2 is 2.09 bits per heavy atom. The lowest BCUT2D eigenvalue weighted by Gasteiger charge is -2.31. The number of hydrogen-bond donors (Lipinski definition) is 1. The number of nitrogens with zero attached hydrogens (tertiary/aromatic N) is 3. The molecule has 3 aromatic rings. The Bertz CT molecular complexity index is 1160. The van der Waals surface area contributed by atoms with Crippen LogP contribution in [0.4, 0.5) is 5.69 Å². The molecular formula is C24H25ClN4O4. The molecule has 9 heteroatoms. The minimum atomic E-state index is -0.427. The van der Waals surface area contributed by atoms with Gasteiger partial charge in [-0.25, -0.2) is 4.79 Å². The standard InChI is InChI=1S/C24H25ClN4O4/c1-15-19(24(31)32-2)9-4-10-20(15)26-23(30)17-7-5-11-29(13-17)14-21-27-22(28-33-21)16-6-3-8-18(25)12-16/h3-4,6,8-10,12,17H,5,7,11,13-14H2,1-2H3,(H,26,30). The average molecular weight is 469 g/mol. The third-order valence-electron chi connectivity index (χ3n) is 5.78. The van der Waals surface area contributed by atoms with Gasteiger partial charge in [0.15, 0.2) is 0 Å². The lowest BCUT2D eigenvalue weighted by atomic mass is 9.96. The molecule has 172 valence electrons. The van der Waals surface area contributed by atoms with Gasteiger partial charge >= 0.3 is 5.97 Å². The summed E-state index contributed by atoms with van der Waals surface area (Å²) in [4.78, 5) is 31.5. The molecule has 2 heterocycles. The lowest BCUT2D eigenvalue weighted by molar-refractivity contribution is -0.121. The minimum Gasteiger partial charge on any atom is -0.465 e. The van der Waals surface area contributed by atoms with Gasteiger partial charge in [-0.2, -0.15) is 4.98 Å². The number of nitrogens with one attached hydrogen (secondary N) is 1. The first-order valence-corrected chi connectivity index (χ1v) is 11.1. The summed E-state index contributed by atoms with van der Waals surface area (Å²) >= 11 is 6.05. The van der Waals surface area contributed by atoms with Crippen molar-refractivity contribution in [3.8, 4) is 11.4 Å². The van der Waals surface area contributed by atoms with Crippen LogP contribution in [0.3, 0.4) is 0 Å². The molecule has 8 nitrogen and oxygen atoms in total. The molecule has 1 fully saturated rings. The summed E-state index contributed by atoms with van der Waals surface area (Å²) < 4.78 is 10.2. The van der Waals surface area contributed by atoms with Gasteiger partial charge < -0.3 is 14.6 Å². The molecule has 0 spiro atoms. The maximum atomic E-state index is 13.0. The Kier molecular flexibility index (Phi) is 7.05. The summed E-state index contributed by atoms with van der Waals surface area (Å²) in [6.45, 7) is 3.68. The van der Waals surface area contributed by atoms with Gasteiger partial charge in [0.05, 0.1) is 25.1 Å². The van der Waals surface area contributed by atoms with Gasteiger partial charge in [0.1, 0.15) is 0 Å². The summed E-state index contributed by atoms with van der Waals surface area (Å²) in [5.41, 5.74) is 2.53. The third-order valence-corrected chi connectivity index (χ3v) is 6.02. The highest BCUT2D eigenvalue weighted by Gasteiger charge is 2.27. The highest BCUT2D eigenvalue weighted by molar-refractivity contribution is 6.30. The number of ether oxygens (including phenoxy) is 1. The van der Waals surface area contributed by atoms with Gasteiger partial charge in [-0.1, -0.05) is 35.0 Å². The molecule has 1 amide bonds. The molecule has 1 atom stereocenters. The molecule has 1 saturated heterocycles. The zero-order valence-corrected chi connectivity index (χ0v) is 19.3. The molecule has 33 heavy (non-hydrogen) atoms. The number of piperidine rings is 1. The van der Waals surface area contributed by atoms with E-state index in [1.807, 2.05) is 12.1 Å². The first kappa shape index (κ1) is 22.9. The number of carbonyl (C=O) groups is 2. The number of aromatic nitrogens is 2. The number of rotatable bonds is 6. The number of halogens is 1. The van der Waals surface area contributed by atoms with E-state index in [-0.39, 0.29) is 11.8 Å². The van der Waals surface area contributed by atoms with Gasteiger partial charge in [0.2, 0.25) is 17.6 Å². The van der Waals surface area contributed by atoms with E-state index in [1.54, 1.807) is 37.3 Å². The number of methoxy groups -OCH3 is 1. The number of carbonyl (C=O) groups excluding carboxylic acids is 2. The van der Waals surface area contributed by atoms with Crippen molar-refractivity contribution >= 4 is 29.2 Å². The van der Waals surface area contributed by atoms with E-state index in [1.165, 1.54) is 7.11 Å². The van der Waals surface area contributed by atoms with Crippen LogP contribution >= 0.6 is 11.6 Å². The smallest absolute Gasteiger partial charge is 0.338 e.